The maximum absolute atomic E-state index is 5.77. The molecule has 2 rings (SSSR count). The van der Waals surface area contributed by atoms with E-state index in [1.165, 1.54) is 30.4 Å². The van der Waals surface area contributed by atoms with Gasteiger partial charge in [0.25, 0.3) is 0 Å². The van der Waals surface area contributed by atoms with Gasteiger partial charge in [0.15, 0.2) is 0 Å². The van der Waals surface area contributed by atoms with Gasteiger partial charge in [-0.1, -0.05) is 36.2 Å². The Morgan fingerprint density at radius 1 is 1.25 bits per heavy atom. The number of piperidine rings is 1. The lowest BCUT2D eigenvalue weighted by Crippen LogP contribution is -2.47. The van der Waals surface area contributed by atoms with E-state index >= 15 is 0 Å². The van der Waals surface area contributed by atoms with E-state index in [4.69, 9.17) is 5.73 Å². The van der Waals surface area contributed by atoms with Crippen molar-refractivity contribution in [2.24, 2.45) is 5.73 Å². The molecule has 1 aliphatic rings. The summed E-state index contributed by atoms with van der Waals surface area (Å²) in [4.78, 5) is 0. The Hall–Kier alpha value is -0.860. The molecule has 0 aromatic heterocycles. The predicted molar refractivity (Wildman–Crippen MR) is 68.4 cm³/mol. The van der Waals surface area contributed by atoms with Gasteiger partial charge in [-0.3, -0.25) is 0 Å². The maximum atomic E-state index is 5.77. The van der Waals surface area contributed by atoms with Gasteiger partial charge >= 0.3 is 0 Å². The van der Waals surface area contributed by atoms with Gasteiger partial charge in [0.1, 0.15) is 0 Å². The molecule has 0 radical (unpaired) electrons. The normalized spacial score (nSPS) is 25.6. The summed E-state index contributed by atoms with van der Waals surface area (Å²) in [6, 6.07) is 8.90. The van der Waals surface area contributed by atoms with Gasteiger partial charge in [0, 0.05) is 5.54 Å². The van der Waals surface area contributed by atoms with E-state index in [1.54, 1.807) is 0 Å². The summed E-state index contributed by atoms with van der Waals surface area (Å²) in [6.07, 6.45) is 4.85. The molecule has 0 amide bonds. The van der Waals surface area contributed by atoms with Gasteiger partial charge in [0.05, 0.1) is 0 Å². The molecule has 1 aliphatic heterocycles. The lowest BCUT2D eigenvalue weighted by atomic mass is 9.79. The van der Waals surface area contributed by atoms with Gasteiger partial charge in [-0.25, -0.2) is 0 Å². The van der Waals surface area contributed by atoms with Crippen molar-refractivity contribution in [3.8, 4) is 0 Å². The minimum absolute atomic E-state index is 0.140. The Morgan fingerprint density at radius 3 is 2.56 bits per heavy atom. The fourth-order valence-electron chi connectivity index (χ4n) is 2.69. The van der Waals surface area contributed by atoms with Crippen LogP contribution in [0.5, 0.6) is 0 Å². The highest BCUT2D eigenvalue weighted by Gasteiger charge is 2.32. The van der Waals surface area contributed by atoms with Crippen LogP contribution in [0.15, 0.2) is 24.3 Å². The van der Waals surface area contributed by atoms with Crippen molar-refractivity contribution in [2.75, 3.05) is 13.1 Å². The molecule has 1 fully saturated rings. The van der Waals surface area contributed by atoms with Crippen LogP contribution in [0.1, 0.15) is 36.8 Å². The average molecular weight is 218 g/mol. The molecular formula is C14H22N2. The van der Waals surface area contributed by atoms with Gasteiger partial charge < -0.3 is 11.1 Å². The molecule has 3 N–H and O–H groups in total. The van der Waals surface area contributed by atoms with Gasteiger partial charge in [-0.05, 0) is 44.8 Å². The number of aryl methyl sites for hydroxylation is 1. The fraction of sp³-hybridized carbons (Fsp3) is 0.571. The smallest absolute Gasteiger partial charge is 0.0446 e. The third kappa shape index (κ3) is 2.28. The molecule has 0 aliphatic carbocycles. The highest BCUT2D eigenvalue weighted by atomic mass is 15.0. The number of hydrogen-bond acceptors (Lipinski definition) is 2. The molecule has 1 heterocycles. The topological polar surface area (TPSA) is 38.0 Å². The third-order valence-corrected chi connectivity index (χ3v) is 3.67. The first-order valence-corrected chi connectivity index (χ1v) is 6.29. The molecule has 1 unspecified atom stereocenters. The number of nitrogens with one attached hydrogen (secondary N) is 1. The number of nitrogens with two attached hydrogens (primary N) is 1. The molecule has 1 saturated heterocycles. The van der Waals surface area contributed by atoms with Crippen molar-refractivity contribution in [1.82, 2.24) is 5.32 Å². The summed E-state index contributed by atoms with van der Waals surface area (Å²) in [5.41, 5.74) is 8.64. The van der Waals surface area contributed by atoms with E-state index < -0.39 is 0 Å². The van der Waals surface area contributed by atoms with Crippen molar-refractivity contribution in [1.29, 1.82) is 0 Å². The van der Waals surface area contributed by atoms with E-state index in [1.807, 2.05) is 0 Å². The Bertz CT molecular complexity index is 318. The molecule has 16 heavy (non-hydrogen) atoms. The first-order valence-electron chi connectivity index (χ1n) is 6.29. The Labute approximate surface area is 98.2 Å². The van der Waals surface area contributed by atoms with Crippen LogP contribution in [0.3, 0.4) is 0 Å². The summed E-state index contributed by atoms with van der Waals surface area (Å²) in [5, 5.41) is 3.69. The fourth-order valence-corrected chi connectivity index (χ4v) is 2.69. The zero-order valence-corrected chi connectivity index (χ0v) is 10.1. The van der Waals surface area contributed by atoms with E-state index in [-0.39, 0.29) is 5.54 Å². The van der Waals surface area contributed by atoms with Crippen molar-refractivity contribution in [2.45, 2.75) is 38.1 Å². The predicted octanol–water partition coefficient (Wildman–Crippen LogP) is 2.31. The Morgan fingerprint density at radius 2 is 2.00 bits per heavy atom. The first-order chi connectivity index (χ1) is 7.77. The molecule has 1 aromatic rings. The van der Waals surface area contributed by atoms with E-state index in [0.29, 0.717) is 0 Å². The standard InChI is InChI=1S/C14H22N2/c1-12-4-6-13(7-5-12)14(9-10-15)8-2-3-11-16-14/h4-7,16H,2-3,8-11,15H2,1H3. The first kappa shape index (κ1) is 11.6. The van der Waals surface area contributed by atoms with Crippen LogP contribution in [0.4, 0.5) is 0 Å². The zero-order chi connectivity index (χ0) is 11.4. The van der Waals surface area contributed by atoms with Crippen LogP contribution >= 0.6 is 0 Å². The van der Waals surface area contributed by atoms with Crippen LogP contribution in [0, 0.1) is 6.92 Å². The molecule has 2 nitrogen and oxygen atoms in total. The monoisotopic (exact) mass is 218 g/mol. The SMILES string of the molecule is Cc1ccc(C2(CCN)CCCCN2)cc1. The summed E-state index contributed by atoms with van der Waals surface area (Å²) in [5.74, 6) is 0. The van der Waals surface area contributed by atoms with Gasteiger partial charge in [-0.2, -0.15) is 0 Å². The van der Waals surface area contributed by atoms with Crippen LogP contribution in [0.25, 0.3) is 0 Å². The molecular weight excluding hydrogens is 196 g/mol. The summed E-state index contributed by atoms with van der Waals surface area (Å²) in [7, 11) is 0. The maximum Gasteiger partial charge on any atom is 0.0446 e. The van der Waals surface area contributed by atoms with Crippen molar-refractivity contribution in [3.63, 3.8) is 0 Å². The molecule has 1 atom stereocenters. The second kappa shape index (κ2) is 4.98. The highest BCUT2D eigenvalue weighted by Crippen LogP contribution is 2.33. The van der Waals surface area contributed by atoms with E-state index in [0.717, 1.165) is 19.5 Å². The minimum Gasteiger partial charge on any atom is -0.330 e. The van der Waals surface area contributed by atoms with E-state index in [2.05, 4.69) is 36.5 Å². The van der Waals surface area contributed by atoms with Gasteiger partial charge in [-0.15, -0.1) is 0 Å². The lowest BCUT2D eigenvalue weighted by Gasteiger charge is -2.39. The average Bonchev–Trinajstić information content (AvgIpc) is 2.31. The second-order valence-electron chi connectivity index (χ2n) is 4.87. The zero-order valence-electron chi connectivity index (χ0n) is 10.1. The molecule has 1 aromatic carbocycles. The van der Waals surface area contributed by atoms with Crippen molar-refractivity contribution >= 4 is 0 Å². The molecule has 0 spiro atoms. The largest absolute Gasteiger partial charge is 0.330 e. The second-order valence-corrected chi connectivity index (χ2v) is 4.87. The Balaban J connectivity index is 2.26. The highest BCUT2D eigenvalue weighted by molar-refractivity contribution is 5.28. The van der Waals surface area contributed by atoms with Crippen molar-refractivity contribution < 1.29 is 0 Å². The summed E-state index contributed by atoms with van der Waals surface area (Å²) < 4.78 is 0. The molecule has 0 saturated carbocycles. The summed E-state index contributed by atoms with van der Waals surface area (Å²) in [6.45, 7) is 4.00. The quantitative estimate of drug-likeness (QED) is 0.817. The number of benzene rings is 1. The Kier molecular flexibility index (Phi) is 3.62. The molecule has 88 valence electrons. The van der Waals surface area contributed by atoms with Crippen LogP contribution in [-0.4, -0.2) is 13.1 Å². The minimum atomic E-state index is 0.140. The van der Waals surface area contributed by atoms with Crippen LogP contribution < -0.4 is 11.1 Å². The number of hydrogen-bond donors (Lipinski definition) is 2. The van der Waals surface area contributed by atoms with Gasteiger partial charge in [0.2, 0.25) is 0 Å². The van der Waals surface area contributed by atoms with Crippen molar-refractivity contribution in [3.05, 3.63) is 35.4 Å². The molecule has 2 heteroatoms. The van der Waals surface area contributed by atoms with Crippen LogP contribution in [0.2, 0.25) is 0 Å². The lowest BCUT2D eigenvalue weighted by molar-refractivity contribution is 0.243. The molecule has 0 bridgehead atoms. The third-order valence-electron chi connectivity index (χ3n) is 3.67. The van der Waals surface area contributed by atoms with E-state index in [9.17, 15) is 0 Å². The van der Waals surface area contributed by atoms with Crippen LogP contribution in [-0.2, 0) is 5.54 Å². The summed E-state index contributed by atoms with van der Waals surface area (Å²) >= 11 is 0. The number of rotatable bonds is 3.